The molecule has 1 fully saturated rings. The van der Waals surface area contributed by atoms with Gasteiger partial charge in [-0.2, -0.15) is 0 Å². The molecule has 1 aliphatic rings. The molecule has 1 unspecified atom stereocenters. The van der Waals surface area contributed by atoms with Crippen LogP contribution in [0.4, 0.5) is 19.1 Å². The fourth-order valence-electron chi connectivity index (χ4n) is 3.75. The standard InChI is InChI=1S/C20H22F3N5O2/c1-27-9-3-5-13(12-27)24-19-26-25-18(16-6-4-10-28(16)19)15-8-7-14(29-2)11-17(15)30-20(21,22)23/h4,6-8,10-11,13H,3,5,9,12H2,1-2H3,(H,24,26). The van der Waals surface area contributed by atoms with Crippen molar-refractivity contribution in [2.24, 2.45) is 0 Å². The Balaban J connectivity index is 1.73. The zero-order valence-corrected chi connectivity index (χ0v) is 16.6. The zero-order chi connectivity index (χ0) is 21.3. The maximum Gasteiger partial charge on any atom is 0.573 e. The van der Waals surface area contributed by atoms with Gasteiger partial charge in [-0.05, 0) is 50.7 Å². The first-order valence-corrected chi connectivity index (χ1v) is 9.57. The van der Waals surface area contributed by atoms with E-state index in [1.807, 2.05) is 0 Å². The minimum Gasteiger partial charge on any atom is -0.497 e. The molecule has 0 amide bonds. The van der Waals surface area contributed by atoms with Crippen LogP contribution >= 0.6 is 0 Å². The minimum atomic E-state index is -4.85. The average molecular weight is 421 g/mol. The second-order valence-corrected chi connectivity index (χ2v) is 7.29. The van der Waals surface area contributed by atoms with E-state index in [0.29, 0.717) is 11.5 Å². The summed E-state index contributed by atoms with van der Waals surface area (Å²) in [6.45, 7) is 1.94. The van der Waals surface area contributed by atoms with Gasteiger partial charge in [-0.25, -0.2) is 0 Å². The molecule has 160 valence electrons. The fourth-order valence-corrected chi connectivity index (χ4v) is 3.75. The molecule has 1 aromatic carbocycles. The largest absolute Gasteiger partial charge is 0.573 e. The van der Waals surface area contributed by atoms with Crippen LogP contribution in [-0.4, -0.2) is 59.1 Å². The first-order valence-electron chi connectivity index (χ1n) is 9.57. The Bertz CT molecular complexity index is 1040. The zero-order valence-electron chi connectivity index (χ0n) is 16.6. The summed E-state index contributed by atoms with van der Waals surface area (Å²) in [5.41, 5.74) is 1.08. The molecular weight excluding hydrogens is 399 g/mol. The van der Waals surface area contributed by atoms with Crippen LogP contribution in [0.1, 0.15) is 12.8 Å². The first-order chi connectivity index (χ1) is 14.3. The smallest absolute Gasteiger partial charge is 0.497 e. The summed E-state index contributed by atoms with van der Waals surface area (Å²) in [4.78, 5) is 2.24. The van der Waals surface area contributed by atoms with Gasteiger partial charge in [0, 0.05) is 30.4 Å². The molecule has 1 aliphatic heterocycles. The predicted octanol–water partition coefficient (Wildman–Crippen LogP) is 3.81. The van der Waals surface area contributed by atoms with Crippen LogP contribution < -0.4 is 14.8 Å². The highest BCUT2D eigenvalue weighted by Gasteiger charge is 2.33. The Morgan fingerprint density at radius 2 is 2.03 bits per heavy atom. The molecule has 7 nitrogen and oxygen atoms in total. The third-order valence-electron chi connectivity index (χ3n) is 5.09. The summed E-state index contributed by atoms with van der Waals surface area (Å²) in [6, 6.07) is 8.04. The Morgan fingerprint density at radius 1 is 1.20 bits per heavy atom. The third-order valence-corrected chi connectivity index (χ3v) is 5.09. The van der Waals surface area contributed by atoms with Crippen LogP contribution in [0.15, 0.2) is 36.5 Å². The summed E-state index contributed by atoms with van der Waals surface area (Å²) in [7, 11) is 3.44. The van der Waals surface area contributed by atoms with Crippen molar-refractivity contribution in [2.75, 3.05) is 32.6 Å². The molecule has 0 bridgehead atoms. The van der Waals surface area contributed by atoms with Crippen molar-refractivity contribution in [3.05, 3.63) is 36.5 Å². The second kappa shape index (κ2) is 8.02. The number of benzene rings is 1. The van der Waals surface area contributed by atoms with Crippen LogP contribution in [0.25, 0.3) is 16.8 Å². The lowest BCUT2D eigenvalue weighted by Gasteiger charge is -2.30. The molecule has 1 N–H and O–H groups in total. The molecule has 2 aromatic heterocycles. The number of hydrogen-bond acceptors (Lipinski definition) is 6. The van der Waals surface area contributed by atoms with Gasteiger partial charge in [0.2, 0.25) is 5.95 Å². The van der Waals surface area contributed by atoms with E-state index in [4.69, 9.17) is 4.74 Å². The number of hydrogen-bond donors (Lipinski definition) is 1. The predicted molar refractivity (Wildman–Crippen MR) is 106 cm³/mol. The van der Waals surface area contributed by atoms with Crippen molar-refractivity contribution in [2.45, 2.75) is 25.2 Å². The van der Waals surface area contributed by atoms with E-state index in [9.17, 15) is 13.2 Å². The summed E-state index contributed by atoms with van der Waals surface area (Å²) in [5.74, 6) is 0.400. The minimum absolute atomic E-state index is 0.174. The van der Waals surface area contributed by atoms with Crippen molar-refractivity contribution in [3.8, 4) is 22.8 Å². The number of ether oxygens (including phenoxy) is 2. The maximum absolute atomic E-state index is 13.0. The highest BCUT2D eigenvalue weighted by atomic mass is 19.4. The number of anilines is 1. The van der Waals surface area contributed by atoms with Gasteiger partial charge in [0.25, 0.3) is 0 Å². The van der Waals surface area contributed by atoms with E-state index >= 15 is 0 Å². The number of piperidine rings is 1. The molecule has 1 atom stereocenters. The van der Waals surface area contributed by atoms with E-state index in [-0.39, 0.29) is 23.0 Å². The molecule has 1 saturated heterocycles. The number of fused-ring (bicyclic) bond motifs is 1. The summed E-state index contributed by atoms with van der Waals surface area (Å²) in [6.07, 6.45) is -0.950. The third kappa shape index (κ3) is 4.28. The van der Waals surface area contributed by atoms with Gasteiger partial charge in [0.05, 0.1) is 12.6 Å². The number of likely N-dealkylation sites (tertiary alicyclic amines) is 1. The highest BCUT2D eigenvalue weighted by Crippen LogP contribution is 2.37. The average Bonchev–Trinajstić information content (AvgIpc) is 3.18. The number of alkyl halides is 3. The number of halogens is 3. The van der Waals surface area contributed by atoms with Gasteiger partial charge in [-0.3, -0.25) is 4.40 Å². The van der Waals surface area contributed by atoms with Crippen molar-refractivity contribution in [1.82, 2.24) is 19.5 Å². The number of methoxy groups -OCH3 is 1. The molecule has 0 aliphatic carbocycles. The fraction of sp³-hybridized carbons (Fsp3) is 0.400. The van der Waals surface area contributed by atoms with E-state index < -0.39 is 12.1 Å². The van der Waals surface area contributed by atoms with E-state index in [2.05, 4.69) is 32.2 Å². The summed E-state index contributed by atoms with van der Waals surface area (Å²) < 4.78 is 50.0. The van der Waals surface area contributed by atoms with Gasteiger partial charge in [-0.1, -0.05) is 0 Å². The maximum atomic E-state index is 13.0. The van der Waals surface area contributed by atoms with Gasteiger partial charge in [-0.15, -0.1) is 23.4 Å². The van der Waals surface area contributed by atoms with Crippen molar-refractivity contribution in [3.63, 3.8) is 0 Å². The lowest BCUT2D eigenvalue weighted by atomic mass is 10.1. The number of nitrogens with one attached hydrogen (secondary N) is 1. The quantitative estimate of drug-likeness (QED) is 0.676. The van der Waals surface area contributed by atoms with Gasteiger partial charge in [0.1, 0.15) is 17.2 Å². The lowest BCUT2D eigenvalue weighted by Crippen LogP contribution is -2.40. The number of rotatable bonds is 5. The molecule has 3 heterocycles. The monoisotopic (exact) mass is 421 g/mol. The second-order valence-electron chi connectivity index (χ2n) is 7.29. The molecule has 4 rings (SSSR count). The highest BCUT2D eigenvalue weighted by molar-refractivity contribution is 5.81. The van der Waals surface area contributed by atoms with E-state index in [1.165, 1.54) is 19.2 Å². The molecule has 0 spiro atoms. The van der Waals surface area contributed by atoms with Gasteiger partial charge >= 0.3 is 6.36 Å². The van der Waals surface area contributed by atoms with Crippen LogP contribution in [0.5, 0.6) is 11.5 Å². The van der Waals surface area contributed by atoms with Gasteiger partial charge in [0.15, 0.2) is 0 Å². The molecule has 30 heavy (non-hydrogen) atoms. The summed E-state index contributed by atoms with van der Waals surface area (Å²) >= 11 is 0. The Morgan fingerprint density at radius 3 is 2.77 bits per heavy atom. The van der Waals surface area contributed by atoms with Gasteiger partial charge < -0.3 is 19.7 Å². The Kier molecular flexibility index (Phi) is 5.42. The van der Waals surface area contributed by atoms with E-state index in [1.54, 1.807) is 28.8 Å². The van der Waals surface area contributed by atoms with Crippen LogP contribution in [0, 0.1) is 0 Å². The summed E-state index contributed by atoms with van der Waals surface area (Å²) in [5, 5.41) is 11.9. The molecule has 10 heteroatoms. The van der Waals surface area contributed by atoms with Crippen molar-refractivity contribution < 1.29 is 22.6 Å². The van der Waals surface area contributed by atoms with E-state index in [0.717, 1.165) is 25.9 Å². The Hall–Kier alpha value is -3.01. The van der Waals surface area contributed by atoms with Crippen molar-refractivity contribution >= 4 is 11.5 Å². The van der Waals surface area contributed by atoms with Crippen LogP contribution in [-0.2, 0) is 0 Å². The molecule has 3 aromatic rings. The normalized spacial score (nSPS) is 17.8. The molecular formula is C20H22F3N5O2. The van der Waals surface area contributed by atoms with Crippen LogP contribution in [0.3, 0.4) is 0 Å². The molecule has 0 saturated carbocycles. The topological polar surface area (TPSA) is 63.9 Å². The first kappa shape index (κ1) is 20.3. The Labute approximate surface area is 171 Å². The van der Waals surface area contributed by atoms with Crippen LogP contribution in [0.2, 0.25) is 0 Å². The van der Waals surface area contributed by atoms with Crippen molar-refractivity contribution in [1.29, 1.82) is 0 Å². The SMILES string of the molecule is COc1ccc(-c2nnc(NC3CCCN(C)C3)n3cccc23)c(OC(F)(F)F)c1. The number of aromatic nitrogens is 3. The number of likely N-dealkylation sites (N-methyl/N-ethyl adjacent to an activating group) is 1. The lowest BCUT2D eigenvalue weighted by molar-refractivity contribution is -0.274. The number of nitrogens with zero attached hydrogens (tertiary/aromatic N) is 4. The molecule has 0 radical (unpaired) electrons.